The zero-order chi connectivity index (χ0) is 26.7. The highest BCUT2D eigenvalue weighted by Crippen LogP contribution is 2.37. The molecule has 0 amide bonds. The number of ether oxygens (including phenoxy) is 2. The van der Waals surface area contributed by atoms with Crippen molar-refractivity contribution >= 4 is 60.6 Å². The van der Waals surface area contributed by atoms with Crippen molar-refractivity contribution in [2.24, 2.45) is 5.10 Å². The number of nitro benzene ring substituents is 1. The van der Waals surface area contributed by atoms with Gasteiger partial charge in [-0.1, -0.05) is 35.2 Å². The van der Waals surface area contributed by atoms with Crippen molar-refractivity contribution in [2.75, 3.05) is 7.11 Å². The smallest absolute Gasteiger partial charge is 0.346 e. The van der Waals surface area contributed by atoms with Crippen LogP contribution in [0, 0.1) is 10.1 Å². The molecule has 194 valence electrons. The average molecular weight is 636 g/mol. The molecular formula is C25H24Br2N4O6. The lowest BCUT2D eigenvalue weighted by Crippen LogP contribution is -2.25. The molecule has 1 heterocycles. The molecule has 0 N–H and O–H groups in total. The summed E-state index contributed by atoms with van der Waals surface area (Å²) < 4.78 is 12.4. The molecule has 0 bridgehead atoms. The third-order valence-corrected chi connectivity index (χ3v) is 7.28. The van der Waals surface area contributed by atoms with Crippen LogP contribution in [-0.2, 0) is 9.53 Å². The third kappa shape index (κ3) is 5.90. The minimum atomic E-state index is -1.06. The van der Waals surface area contributed by atoms with Gasteiger partial charge in [-0.2, -0.15) is 9.78 Å². The van der Waals surface area contributed by atoms with Crippen LogP contribution in [0.25, 0.3) is 10.9 Å². The molecule has 1 aliphatic rings. The van der Waals surface area contributed by atoms with Crippen molar-refractivity contribution in [1.82, 2.24) is 9.66 Å². The molecule has 2 aromatic carbocycles. The van der Waals surface area contributed by atoms with Gasteiger partial charge in [0.05, 0.1) is 33.6 Å². The highest BCUT2D eigenvalue weighted by Gasteiger charge is 2.26. The quantitative estimate of drug-likeness (QED) is 0.141. The van der Waals surface area contributed by atoms with Gasteiger partial charge in [-0.25, -0.2) is 9.78 Å². The molecule has 10 nitrogen and oxygen atoms in total. The summed E-state index contributed by atoms with van der Waals surface area (Å²) in [7, 11) is 1.20. The van der Waals surface area contributed by atoms with Crippen LogP contribution < -0.4 is 10.3 Å². The molecule has 1 aliphatic carbocycles. The standard InChI is InChI=1S/C25H24Br2N4O6/c1-14(25(33)36-2)37-22-19(27)10-15(11-21(22)31(34)35)13-28-30-23(16-6-4-3-5-7-16)29-20-9-8-17(26)12-18(20)24(30)32/h8-14,16H,3-7H2,1-2H3/t14-/m0/s1. The molecule has 12 heteroatoms. The van der Waals surface area contributed by atoms with E-state index in [0.717, 1.165) is 36.6 Å². The van der Waals surface area contributed by atoms with Crippen LogP contribution in [0.3, 0.4) is 0 Å². The molecule has 1 saturated carbocycles. The molecule has 37 heavy (non-hydrogen) atoms. The summed E-state index contributed by atoms with van der Waals surface area (Å²) >= 11 is 6.70. The molecule has 4 rings (SSSR count). The number of nitro groups is 1. The van der Waals surface area contributed by atoms with Gasteiger partial charge < -0.3 is 9.47 Å². The molecule has 1 fully saturated rings. The Bertz CT molecular complexity index is 1450. The Hall–Kier alpha value is -3.12. The van der Waals surface area contributed by atoms with Crippen molar-refractivity contribution in [1.29, 1.82) is 0 Å². The van der Waals surface area contributed by atoms with E-state index >= 15 is 0 Å². The Balaban J connectivity index is 1.79. The van der Waals surface area contributed by atoms with E-state index in [9.17, 15) is 19.7 Å². The minimum Gasteiger partial charge on any atom is -0.471 e. The fourth-order valence-corrected chi connectivity index (χ4v) is 5.27. The summed E-state index contributed by atoms with van der Waals surface area (Å²) in [6.07, 6.45) is 5.38. The van der Waals surface area contributed by atoms with Crippen molar-refractivity contribution in [3.8, 4) is 5.75 Å². The van der Waals surface area contributed by atoms with Gasteiger partial charge >= 0.3 is 11.7 Å². The second kappa shape index (κ2) is 11.5. The van der Waals surface area contributed by atoms with Gasteiger partial charge in [-0.05, 0) is 60.0 Å². The number of hydrogen-bond donors (Lipinski definition) is 0. The van der Waals surface area contributed by atoms with Crippen LogP contribution >= 0.6 is 31.9 Å². The van der Waals surface area contributed by atoms with E-state index in [4.69, 9.17) is 9.72 Å². The van der Waals surface area contributed by atoms with Crippen LogP contribution in [-0.4, -0.2) is 40.0 Å². The fraction of sp³-hybridized carbons (Fsp3) is 0.360. The minimum absolute atomic E-state index is 0.0864. The fourth-order valence-electron chi connectivity index (χ4n) is 4.34. The summed E-state index contributed by atoms with van der Waals surface area (Å²) in [5, 5.41) is 16.7. The van der Waals surface area contributed by atoms with Gasteiger partial charge in [0.2, 0.25) is 5.75 Å². The number of nitrogens with zero attached hydrogens (tertiary/aromatic N) is 4. The van der Waals surface area contributed by atoms with Gasteiger partial charge in [0, 0.05) is 22.0 Å². The first-order valence-electron chi connectivity index (χ1n) is 11.7. The first-order chi connectivity index (χ1) is 17.7. The summed E-state index contributed by atoms with van der Waals surface area (Å²) in [5.74, 6) is -0.117. The predicted molar refractivity (Wildman–Crippen MR) is 145 cm³/mol. The average Bonchev–Trinajstić information content (AvgIpc) is 2.89. The monoisotopic (exact) mass is 634 g/mol. The normalized spacial score (nSPS) is 15.1. The summed E-state index contributed by atoms with van der Waals surface area (Å²) in [6, 6.07) is 8.18. The molecule has 1 atom stereocenters. The SMILES string of the molecule is COC(=O)[C@H](C)Oc1c(Br)cc(C=Nn2c(C3CCCCC3)nc3ccc(Br)cc3c2=O)cc1[N+](=O)[O-]. The Labute approximate surface area is 229 Å². The van der Waals surface area contributed by atoms with Gasteiger partial charge in [-0.15, -0.1) is 0 Å². The number of aromatic nitrogens is 2. The molecule has 0 unspecified atom stereocenters. The van der Waals surface area contributed by atoms with Crippen LogP contribution in [0.1, 0.15) is 56.3 Å². The number of rotatable bonds is 7. The van der Waals surface area contributed by atoms with Crippen molar-refractivity contribution in [2.45, 2.75) is 51.0 Å². The van der Waals surface area contributed by atoms with Crippen LogP contribution in [0.15, 0.2) is 49.2 Å². The highest BCUT2D eigenvalue weighted by molar-refractivity contribution is 9.10. The number of benzene rings is 2. The molecular weight excluding hydrogens is 612 g/mol. The number of methoxy groups -OCH3 is 1. The highest BCUT2D eigenvalue weighted by atomic mass is 79.9. The van der Waals surface area contributed by atoms with Crippen molar-refractivity contribution in [3.05, 3.63) is 71.1 Å². The van der Waals surface area contributed by atoms with E-state index in [1.54, 1.807) is 18.2 Å². The number of carbonyl (C=O) groups excluding carboxylic acids is 1. The van der Waals surface area contributed by atoms with Crippen LogP contribution in [0.4, 0.5) is 5.69 Å². The molecule has 0 radical (unpaired) electrons. The lowest BCUT2D eigenvalue weighted by atomic mass is 9.88. The van der Waals surface area contributed by atoms with E-state index in [2.05, 4.69) is 41.7 Å². The third-order valence-electron chi connectivity index (χ3n) is 6.20. The summed E-state index contributed by atoms with van der Waals surface area (Å²) in [4.78, 5) is 41.2. The zero-order valence-corrected chi connectivity index (χ0v) is 23.3. The van der Waals surface area contributed by atoms with Crippen LogP contribution in [0.5, 0.6) is 5.75 Å². The molecule has 1 aromatic heterocycles. The number of esters is 1. The zero-order valence-electron chi connectivity index (χ0n) is 20.1. The van der Waals surface area contributed by atoms with E-state index in [0.29, 0.717) is 22.3 Å². The van der Waals surface area contributed by atoms with E-state index < -0.39 is 17.0 Å². The Morgan fingerprint density at radius 1 is 1.24 bits per heavy atom. The molecule has 0 saturated heterocycles. The number of hydrogen-bond acceptors (Lipinski definition) is 8. The van der Waals surface area contributed by atoms with E-state index in [-0.39, 0.29) is 27.4 Å². The predicted octanol–water partition coefficient (Wildman–Crippen LogP) is 5.70. The maximum absolute atomic E-state index is 13.5. The Kier molecular flexibility index (Phi) is 8.38. The maximum atomic E-state index is 13.5. The number of halogens is 2. The van der Waals surface area contributed by atoms with Gasteiger partial charge in [-0.3, -0.25) is 14.9 Å². The van der Waals surface area contributed by atoms with Gasteiger partial charge in [0.25, 0.3) is 5.56 Å². The molecule has 0 spiro atoms. The molecule has 3 aromatic rings. The van der Waals surface area contributed by atoms with E-state index in [1.807, 2.05) is 6.07 Å². The topological polar surface area (TPSA) is 126 Å². The van der Waals surface area contributed by atoms with Crippen molar-refractivity contribution in [3.63, 3.8) is 0 Å². The Morgan fingerprint density at radius 3 is 2.65 bits per heavy atom. The summed E-state index contributed by atoms with van der Waals surface area (Å²) in [5.41, 5.74) is 0.267. The second-order valence-electron chi connectivity index (χ2n) is 8.72. The second-order valence-corrected chi connectivity index (χ2v) is 10.5. The maximum Gasteiger partial charge on any atom is 0.346 e. The first-order valence-corrected chi connectivity index (χ1v) is 13.3. The first kappa shape index (κ1) is 26.9. The molecule has 0 aliphatic heterocycles. The largest absolute Gasteiger partial charge is 0.471 e. The van der Waals surface area contributed by atoms with Crippen molar-refractivity contribution < 1.29 is 19.2 Å². The lowest BCUT2D eigenvalue weighted by molar-refractivity contribution is -0.386. The van der Waals surface area contributed by atoms with Gasteiger partial charge in [0.15, 0.2) is 6.10 Å². The lowest BCUT2D eigenvalue weighted by Gasteiger charge is -2.22. The number of fused-ring (bicyclic) bond motifs is 1. The number of carbonyl (C=O) groups is 1. The van der Waals surface area contributed by atoms with E-state index in [1.165, 1.54) is 31.0 Å². The Morgan fingerprint density at radius 2 is 1.97 bits per heavy atom. The van der Waals surface area contributed by atoms with Crippen LogP contribution in [0.2, 0.25) is 0 Å². The summed E-state index contributed by atoms with van der Waals surface area (Å²) in [6.45, 7) is 1.43. The van der Waals surface area contributed by atoms with Gasteiger partial charge in [0.1, 0.15) is 5.82 Å².